The Hall–Kier alpha value is -1.06. The standard InChI is InChI=1S/C14H23NO2/c1-11(14(2,16)10-15(3)4)12-7-6-8-13(9-12)17-5/h6-9,11,16H,10H2,1-5H3/t11-,14+/m1/s1. The van der Waals surface area contributed by atoms with Crippen molar-refractivity contribution in [3.05, 3.63) is 29.8 Å². The molecule has 0 aromatic heterocycles. The second kappa shape index (κ2) is 5.52. The van der Waals surface area contributed by atoms with Crippen molar-refractivity contribution in [1.82, 2.24) is 4.90 Å². The molecule has 0 bridgehead atoms. The Bertz CT molecular complexity index is 361. The van der Waals surface area contributed by atoms with Gasteiger partial charge in [0.2, 0.25) is 0 Å². The molecule has 96 valence electrons. The van der Waals surface area contributed by atoms with E-state index in [1.54, 1.807) is 7.11 Å². The number of methoxy groups -OCH3 is 1. The van der Waals surface area contributed by atoms with E-state index < -0.39 is 5.60 Å². The van der Waals surface area contributed by atoms with Crippen LogP contribution in [-0.4, -0.2) is 43.4 Å². The average molecular weight is 237 g/mol. The van der Waals surface area contributed by atoms with Crippen LogP contribution in [0.2, 0.25) is 0 Å². The molecule has 0 amide bonds. The van der Waals surface area contributed by atoms with Gasteiger partial charge in [-0.1, -0.05) is 19.1 Å². The van der Waals surface area contributed by atoms with Crippen molar-refractivity contribution in [2.75, 3.05) is 27.7 Å². The van der Waals surface area contributed by atoms with Crippen LogP contribution in [0.15, 0.2) is 24.3 Å². The zero-order chi connectivity index (χ0) is 13.1. The fourth-order valence-electron chi connectivity index (χ4n) is 2.05. The summed E-state index contributed by atoms with van der Waals surface area (Å²) in [5, 5.41) is 10.5. The van der Waals surface area contributed by atoms with Crippen LogP contribution in [0, 0.1) is 0 Å². The number of rotatable bonds is 5. The first kappa shape index (κ1) is 14.0. The highest BCUT2D eigenvalue weighted by atomic mass is 16.5. The van der Waals surface area contributed by atoms with E-state index in [4.69, 9.17) is 4.74 Å². The van der Waals surface area contributed by atoms with E-state index in [1.807, 2.05) is 57.1 Å². The van der Waals surface area contributed by atoms with Crippen molar-refractivity contribution >= 4 is 0 Å². The second-order valence-electron chi connectivity index (χ2n) is 5.09. The van der Waals surface area contributed by atoms with Gasteiger partial charge in [0, 0.05) is 12.5 Å². The van der Waals surface area contributed by atoms with E-state index in [2.05, 4.69) is 0 Å². The van der Waals surface area contributed by atoms with Gasteiger partial charge in [0.05, 0.1) is 12.7 Å². The molecule has 1 aromatic carbocycles. The summed E-state index contributed by atoms with van der Waals surface area (Å²) in [6, 6.07) is 7.87. The van der Waals surface area contributed by atoms with Gasteiger partial charge < -0.3 is 14.7 Å². The first-order valence-electron chi connectivity index (χ1n) is 5.88. The lowest BCUT2D eigenvalue weighted by molar-refractivity contribution is 0.0123. The van der Waals surface area contributed by atoms with Crippen molar-refractivity contribution in [1.29, 1.82) is 0 Å². The van der Waals surface area contributed by atoms with E-state index in [0.717, 1.165) is 11.3 Å². The molecule has 0 aliphatic carbocycles. The number of ether oxygens (including phenoxy) is 1. The lowest BCUT2D eigenvalue weighted by atomic mass is 9.84. The zero-order valence-corrected chi connectivity index (χ0v) is 11.4. The fraction of sp³-hybridized carbons (Fsp3) is 0.571. The number of likely N-dealkylation sites (N-methyl/N-ethyl adjacent to an activating group) is 1. The Kier molecular flexibility index (Phi) is 4.54. The van der Waals surface area contributed by atoms with E-state index in [0.29, 0.717) is 6.54 Å². The molecule has 0 heterocycles. The Morgan fingerprint density at radius 3 is 2.59 bits per heavy atom. The summed E-state index contributed by atoms with van der Waals surface area (Å²) < 4.78 is 5.21. The number of hydrogen-bond donors (Lipinski definition) is 1. The van der Waals surface area contributed by atoms with Crippen molar-refractivity contribution < 1.29 is 9.84 Å². The Balaban J connectivity index is 2.90. The topological polar surface area (TPSA) is 32.7 Å². The largest absolute Gasteiger partial charge is 0.497 e. The summed E-state index contributed by atoms with van der Waals surface area (Å²) in [5.41, 5.74) is 0.340. The average Bonchev–Trinajstić information content (AvgIpc) is 2.26. The third kappa shape index (κ3) is 3.72. The quantitative estimate of drug-likeness (QED) is 0.851. The predicted octanol–water partition coefficient (Wildman–Crippen LogP) is 2.11. The van der Waals surface area contributed by atoms with Crippen LogP contribution in [0.25, 0.3) is 0 Å². The minimum absolute atomic E-state index is 0.0556. The highest BCUT2D eigenvalue weighted by Crippen LogP contribution is 2.30. The molecule has 3 nitrogen and oxygen atoms in total. The smallest absolute Gasteiger partial charge is 0.119 e. The molecular formula is C14H23NO2. The Morgan fingerprint density at radius 2 is 2.06 bits per heavy atom. The summed E-state index contributed by atoms with van der Waals surface area (Å²) in [6.07, 6.45) is 0. The van der Waals surface area contributed by atoms with Crippen molar-refractivity contribution in [2.45, 2.75) is 25.4 Å². The molecule has 0 fully saturated rings. The SMILES string of the molecule is COc1cccc([C@@H](C)[C@@](C)(O)CN(C)C)c1. The third-order valence-electron chi connectivity index (χ3n) is 3.16. The molecular weight excluding hydrogens is 214 g/mol. The van der Waals surface area contributed by atoms with Crippen LogP contribution in [-0.2, 0) is 0 Å². The lowest BCUT2D eigenvalue weighted by Crippen LogP contribution is -2.41. The van der Waals surface area contributed by atoms with Crippen LogP contribution in [0.5, 0.6) is 5.75 Å². The molecule has 0 unspecified atom stereocenters. The number of aliphatic hydroxyl groups is 1. The van der Waals surface area contributed by atoms with E-state index in [1.165, 1.54) is 0 Å². The first-order valence-corrected chi connectivity index (χ1v) is 5.88. The third-order valence-corrected chi connectivity index (χ3v) is 3.16. The normalized spacial score (nSPS) is 16.6. The molecule has 0 aliphatic rings. The molecule has 1 N–H and O–H groups in total. The fourth-order valence-corrected chi connectivity index (χ4v) is 2.05. The van der Waals surface area contributed by atoms with Crippen LogP contribution in [0.1, 0.15) is 25.3 Å². The molecule has 0 spiro atoms. The van der Waals surface area contributed by atoms with Gasteiger partial charge >= 0.3 is 0 Å². The molecule has 0 saturated carbocycles. The molecule has 17 heavy (non-hydrogen) atoms. The summed E-state index contributed by atoms with van der Waals surface area (Å²) in [6.45, 7) is 4.54. The van der Waals surface area contributed by atoms with Crippen LogP contribution < -0.4 is 4.74 Å². The molecule has 3 heteroatoms. The van der Waals surface area contributed by atoms with E-state index in [9.17, 15) is 5.11 Å². The van der Waals surface area contributed by atoms with E-state index >= 15 is 0 Å². The minimum atomic E-state index is -0.754. The summed E-state index contributed by atoms with van der Waals surface area (Å²) in [5.74, 6) is 0.884. The molecule has 0 aliphatic heterocycles. The maximum atomic E-state index is 10.5. The number of nitrogens with zero attached hydrogens (tertiary/aromatic N) is 1. The molecule has 0 saturated heterocycles. The molecule has 1 aromatic rings. The van der Waals surface area contributed by atoms with Gasteiger partial charge in [0.15, 0.2) is 0 Å². The zero-order valence-electron chi connectivity index (χ0n) is 11.4. The first-order chi connectivity index (χ1) is 7.86. The van der Waals surface area contributed by atoms with Crippen molar-refractivity contribution in [3.8, 4) is 5.75 Å². The molecule has 2 atom stereocenters. The second-order valence-corrected chi connectivity index (χ2v) is 5.09. The van der Waals surface area contributed by atoms with Crippen molar-refractivity contribution in [2.24, 2.45) is 0 Å². The Labute approximate surface area is 104 Å². The monoisotopic (exact) mass is 237 g/mol. The van der Waals surface area contributed by atoms with Crippen LogP contribution >= 0.6 is 0 Å². The van der Waals surface area contributed by atoms with Gasteiger partial charge in [-0.05, 0) is 38.7 Å². The van der Waals surface area contributed by atoms with Gasteiger partial charge in [-0.3, -0.25) is 0 Å². The highest BCUT2D eigenvalue weighted by Gasteiger charge is 2.30. The van der Waals surface area contributed by atoms with Gasteiger partial charge in [-0.25, -0.2) is 0 Å². The molecule has 0 radical (unpaired) electrons. The molecule has 1 rings (SSSR count). The van der Waals surface area contributed by atoms with Crippen molar-refractivity contribution in [3.63, 3.8) is 0 Å². The maximum Gasteiger partial charge on any atom is 0.119 e. The van der Waals surface area contributed by atoms with E-state index in [-0.39, 0.29) is 5.92 Å². The van der Waals surface area contributed by atoms with Gasteiger partial charge in [0.1, 0.15) is 5.75 Å². The summed E-state index contributed by atoms with van der Waals surface area (Å²) in [4.78, 5) is 2.00. The van der Waals surface area contributed by atoms with Crippen LogP contribution in [0.3, 0.4) is 0 Å². The summed E-state index contributed by atoms with van der Waals surface area (Å²) >= 11 is 0. The summed E-state index contributed by atoms with van der Waals surface area (Å²) in [7, 11) is 5.58. The van der Waals surface area contributed by atoms with Gasteiger partial charge in [-0.2, -0.15) is 0 Å². The minimum Gasteiger partial charge on any atom is -0.497 e. The number of hydrogen-bond acceptors (Lipinski definition) is 3. The lowest BCUT2D eigenvalue weighted by Gasteiger charge is -2.33. The maximum absolute atomic E-state index is 10.5. The number of benzene rings is 1. The Morgan fingerprint density at radius 1 is 1.41 bits per heavy atom. The van der Waals surface area contributed by atoms with Gasteiger partial charge in [-0.15, -0.1) is 0 Å². The van der Waals surface area contributed by atoms with Gasteiger partial charge in [0.25, 0.3) is 0 Å². The predicted molar refractivity (Wildman–Crippen MR) is 70.6 cm³/mol. The van der Waals surface area contributed by atoms with Crippen LogP contribution in [0.4, 0.5) is 0 Å². The highest BCUT2D eigenvalue weighted by molar-refractivity contribution is 5.32.